The SMILES string of the molecule is CC(=O)N1C[C@@H]2O[C@@H]2c2ccccc21. The Morgan fingerprint density at radius 3 is 3.07 bits per heavy atom. The van der Waals surface area contributed by atoms with Crippen LogP contribution in [0.15, 0.2) is 24.3 Å². The number of amides is 1. The first-order chi connectivity index (χ1) is 6.77. The first-order valence-electron chi connectivity index (χ1n) is 4.80. The molecule has 0 radical (unpaired) electrons. The Morgan fingerprint density at radius 2 is 2.29 bits per heavy atom. The van der Waals surface area contributed by atoms with Crippen molar-refractivity contribution < 1.29 is 9.53 Å². The van der Waals surface area contributed by atoms with E-state index in [1.165, 1.54) is 0 Å². The second-order valence-electron chi connectivity index (χ2n) is 3.78. The van der Waals surface area contributed by atoms with Crippen molar-refractivity contribution in [1.82, 2.24) is 0 Å². The number of hydrogen-bond acceptors (Lipinski definition) is 2. The molecule has 0 aliphatic carbocycles. The molecule has 1 aromatic rings. The van der Waals surface area contributed by atoms with Crippen LogP contribution in [0.4, 0.5) is 5.69 Å². The van der Waals surface area contributed by atoms with Gasteiger partial charge in [0.15, 0.2) is 0 Å². The van der Waals surface area contributed by atoms with Crippen molar-refractivity contribution in [3.8, 4) is 0 Å². The van der Waals surface area contributed by atoms with Crippen molar-refractivity contribution in [1.29, 1.82) is 0 Å². The normalized spacial score (nSPS) is 27.9. The van der Waals surface area contributed by atoms with Crippen molar-refractivity contribution in [3.05, 3.63) is 29.8 Å². The van der Waals surface area contributed by atoms with Crippen LogP contribution in [0.1, 0.15) is 18.6 Å². The highest BCUT2D eigenvalue weighted by molar-refractivity contribution is 5.93. The molecular formula is C11H11NO2. The van der Waals surface area contributed by atoms with Crippen LogP contribution in [0.2, 0.25) is 0 Å². The van der Waals surface area contributed by atoms with Crippen molar-refractivity contribution >= 4 is 11.6 Å². The van der Waals surface area contributed by atoms with Gasteiger partial charge in [0.05, 0.1) is 6.54 Å². The Bertz CT molecular complexity index is 402. The summed E-state index contributed by atoms with van der Waals surface area (Å²) < 4.78 is 5.49. The molecule has 0 spiro atoms. The van der Waals surface area contributed by atoms with Crippen molar-refractivity contribution in [2.45, 2.75) is 19.1 Å². The Kier molecular flexibility index (Phi) is 1.47. The lowest BCUT2D eigenvalue weighted by molar-refractivity contribution is -0.116. The van der Waals surface area contributed by atoms with Gasteiger partial charge in [-0.2, -0.15) is 0 Å². The maximum atomic E-state index is 11.4. The highest BCUT2D eigenvalue weighted by Gasteiger charge is 2.47. The lowest BCUT2D eigenvalue weighted by atomic mass is 10.0. The van der Waals surface area contributed by atoms with E-state index >= 15 is 0 Å². The summed E-state index contributed by atoms with van der Waals surface area (Å²) in [6.45, 7) is 2.30. The van der Waals surface area contributed by atoms with Gasteiger partial charge in [-0.15, -0.1) is 0 Å². The number of fused-ring (bicyclic) bond motifs is 3. The third-order valence-corrected chi connectivity index (χ3v) is 2.86. The first-order valence-corrected chi connectivity index (χ1v) is 4.80. The second kappa shape index (κ2) is 2.58. The molecule has 3 heteroatoms. The molecule has 0 saturated carbocycles. The summed E-state index contributed by atoms with van der Waals surface area (Å²) in [6.07, 6.45) is 0.468. The van der Waals surface area contributed by atoms with E-state index in [9.17, 15) is 4.79 Å². The zero-order chi connectivity index (χ0) is 9.71. The monoisotopic (exact) mass is 189 g/mol. The summed E-state index contributed by atoms with van der Waals surface area (Å²) in [5.41, 5.74) is 2.16. The molecule has 1 aromatic carbocycles. The van der Waals surface area contributed by atoms with E-state index in [-0.39, 0.29) is 18.1 Å². The molecular weight excluding hydrogens is 178 g/mol. The van der Waals surface area contributed by atoms with Crippen LogP contribution < -0.4 is 4.90 Å². The largest absolute Gasteiger partial charge is 0.362 e. The second-order valence-corrected chi connectivity index (χ2v) is 3.78. The molecule has 2 atom stereocenters. The first kappa shape index (κ1) is 8.00. The van der Waals surface area contributed by atoms with Crippen molar-refractivity contribution in [2.75, 3.05) is 11.4 Å². The predicted molar refractivity (Wildman–Crippen MR) is 52.1 cm³/mol. The fourth-order valence-electron chi connectivity index (χ4n) is 2.11. The average Bonchev–Trinajstić information content (AvgIpc) is 2.95. The summed E-state index contributed by atoms with van der Waals surface area (Å²) in [6, 6.07) is 7.96. The van der Waals surface area contributed by atoms with Gasteiger partial charge >= 0.3 is 0 Å². The number of carbonyl (C=O) groups excluding carboxylic acids is 1. The number of ether oxygens (including phenoxy) is 1. The molecule has 1 saturated heterocycles. The van der Waals surface area contributed by atoms with E-state index in [2.05, 4.69) is 0 Å². The summed E-state index contributed by atoms with van der Waals surface area (Å²) in [5.74, 6) is 0.0893. The van der Waals surface area contributed by atoms with E-state index in [0.29, 0.717) is 6.54 Å². The van der Waals surface area contributed by atoms with E-state index in [0.717, 1.165) is 11.3 Å². The van der Waals surface area contributed by atoms with E-state index in [4.69, 9.17) is 4.74 Å². The third-order valence-electron chi connectivity index (χ3n) is 2.86. The van der Waals surface area contributed by atoms with Gasteiger partial charge in [-0.3, -0.25) is 4.79 Å². The van der Waals surface area contributed by atoms with Gasteiger partial charge in [-0.1, -0.05) is 18.2 Å². The maximum absolute atomic E-state index is 11.4. The zero-order valence-electron chi connectivity index (χ0n) is 7.93. The van der Waals surface area contributed by atoms with Crippen LogP contribution >= 0.6 is 0 Å². The Morgan fingerprint density at radius 1 is 1.50 bits per heavy atom. The van der Waals surface area contributed by atoms with E-state index < -0.39 is 0 Å². The molecule has 3 rings (SSSR count). The van der Waals surface area contributed by atoms with Crippen LogP contribution in [0, 0.1) is 0 Å². The molecule has 2 aliphatic heterocycles. The van der Waals surface area contributed by atoms with Crippen LogP contribution in [0.5, 0.6) is 0 Å². The van der Waals surface area contributed by atoms with Gasteiger partial charge in [0.25, 0.3) is 0 Å². The van der Waals surface area contributed by atoms with Crippen molar-refractivity contribution in [2.24, 2.45) is 0 Å². The molecule has 0 aromatic heterocycles. The van der Waals surface area contributed by atoms with Gasteiger partial charge in [0.2, 0.25) is 5.91 Å². The Hall–Kier alpha value is -1.35. The molecule has 1 fully saturated rings. The van der Waals surface area contributed by atoms with Gasteiger partial charge in [0.1, 0.15) is 12.2 Å². The number of epoxide rings is 1. The summed E-state index contributed by atoms with van der Waals surface area (Å²) in [7, 11) is 0. The molecule has 2 aliphatic rings. The van der Waals surface area contributed by atoms with E-state index in [1.54, 1.807) is 11.8 Å². The topological polar surface area (TPSA) is 32.8 Å². The van der Waals surface area contributed by atoms with E-state index in [1.807, 2.05) is 24.3 Å². The number of hydrogen-bond donors (Lipinski definition) is 0. The lowest BCUT2D eigenvalue weighted by Gasteiger charge is -2.25. The van der Waals surface area contributed by atoms with Crippen LogP contribution in [0.25, 0.3) is 0 Å². The molecule has 72 valence electrons. The standard InChI is InChI=1S/C11H11NO2/c1-7(13)12-6-10-11(14-10)8-4-2-3-5-9(8)12/h2-5,10-11H,6H2,1H3/t10-,11+/m0/s1. The van der Waals surface area contributed by atoms with Gasteiger partial charge < -0.3 is 9.64 Å². The number of benzene rings is 1. The number of nitrogens with zero attached hydrogens (tertiary/aromatic N) is 1. The van der Waals surface area contributed by atoms with Gasteiger partial charge in [0, 0.05) is 18.2 Å². The number of rotatable bonds is 0. The van der Waals surface area contributed by atoms with Crippen LogP contribution in [-0.4, -0.2) is 18.6 Å². The molecule has 1 amide bonds. The van der Waals surface area contributed by atoms with Crippen LogP contribution in [0.3, 0.4) is 0 Å². The lowest BCUT2D eigenvalue weighted by Crippen LogP contribution is -2.35. The summed E-state index contributed by atoms with van der Waals surface area (Å²) in [4.78, 5) is 13.2. The highest BCUT2D eigenvalue weighted by atomic mass is 16.6. The summed E-state index contributed by atoms with van der Waals surface area (Å²) >= 11 is 0. The summed E-state index contributed by atoms with van der Waals surface area (Å²) in [5, 5.41) is 0. The van der Waals surface area contributed by atoms with Crippen LogP contribution in [-0.2, 0) is 9.53 Å². The molecule has 0 bridgehead atoms. The average molecular weight is 189 g/mol. The minimum atomic E-state index is 0.0893. The van der Waals surface area contributed by atoms with Crippen molar-refractivity contribution in [3.63, 3.8) is 0 Å². The number of anilines is 1. The smallest absolute Gasteiger partial charge is 0.223 e. The zero-order valence-corrected chi connectivity index (χ0v) is 7.93. The highest BCUT2D eigenvalue weighted by Crippen LogP contribution is 2.47. The molecule has 0 N–H and O–H groups in total. The molecule has 0 unspecified atom stereocenters. The minimum Gasteiger partial charge on any atom is -0.362 e. The molecule has 14 heavy (non-hydrogen) atoms. The van der Waals surface area contributed by atoms with Gasteiger partial charge in [-0.05, 0) is 6.07 Å². The molecule has 3 nitrogen and oxygen atoms in total. The quantitative estimate of drug-likeness (QED) is 0.579. The Labute approximate surface area is 82.3 Å². The minimum absolute atomic E-state index is 0.0893. The number of carbonyl (C=O) groups is 1. The number of para-hydroxylation sites is 1. The Balaban J connectivity index is 2.11. The molecule has 2 heterocycles. The fourth-order valence-corrected chi connectivity index (χ4v) is 2.11. The maximum Gasteiger partial charge on any atom is 0.223 e. The van der Waals surface area contributed by atoms with Gasteiger partial charge in [-0.25, -0.2) is 0 Å². The fraction of sp³-hybridized carbons (Fsp3) is 0.364. The third kappa shape index (κ3) is 0.990. The predicted octanol–water partition coefficient (Wildman–Crippen LogP) is 1.49.